The lowest BCUT2D eigenvalue weighted by Gasteiger charge is -2.07. The number of fused-ring (bicyclic) bond motifs is 2. The van der Waals surface area contributed by atoms with Crippen molar-refractivity contribution in [2.24, 2.45) is 0 Å². The number of carbonyl (C=O) groups excluding carboxylic acids is 1. The van der Waals surface area contributed by atoms with Crippen molar-refractivity contribution in [3.63, 3.8) is 0 Å². The Kier molecular flexibility index (Phi) is 4.38. The predicted octanol–water partition coefficient (Wildman–Crippen LogP) is 3.24. The summed E-state index contributed by atoms with van der Waals surface area (Å²) in [6.45, 7) is 0.325. The van der Waals surface area contributed by atoms with Crippen LogP contribution < -0.4 is 5.46 Å². The van der Waals surface area contributed by atoms with Gasteiger partial charge in [0.15, 0.2) is 5.78 Å². The fourth-order valence-electron chi connectivity index (χ4n) is 3.37. The number of ketones is 1. The first-order valence-electron chi connectivity index (χ1n) is 8.33. The van der Waals surface area contributed by atoms with Crippen LogP contribution in [0, 0.1) is 0 Å². The highest BCUT2D eigenvalue weighted by molar-refractivity contribution is 6.61. The van der Waals surface area contributed by atoms with E-state index in [0.29, 0.717) is 29.1 Å². The van der Waals surface area contributed by atoms with E-state index in [1.165, 1.54) is 10.9 Å². The maximum atomic E-state index is 12.5. The molecule has 2 N–H and O–H groups in total. The molecule has 3 aromatic rings. The molecule has 0 saturated carbocycles. The Hall–Kier alpha value is -2.08. The molecule has 0 amide bonds. The molecule has 25 heavy (non-hydrogen) atoms. The number of halogens is 1. The second kappa shape index (κ2) is 6.67. The lowest BCUT2D eigenvalue weighted by Crippen LogP contribution is -2.28. The molecule has 1 aliphatic rings. The normalized spacial score (nSPS) is 13.4. The molecule has 0 unspecified atom stereocenters. The number of H-pyrrole nitrogens is 1. The average molecular weight is 354 g/mol. The molecule has 0 atom stereocenters. The van der Waals surface area contributed by atoms with E-state index < -0.39 is 7.12 Å². The van der Waals surface area contributed by atoms with Gasteiger partial charge in [0, 0.05) is 29.1 Å². The molecule has 0 radical (unpaired) electrons. The molecule has 0 aliphatic carbocycles. The highest BCUT2D eigenvalue weighted by atomic mass is 35.5. The number of para-hydroxylation sites is 1. The number of aromatic nitrogens is 1. The minimum Gasteiger partial charge on any atom is -0.423 e. The van der Waals surface area contributed by atoms with E-state index in [2.05, 4.69) is 11.1 Å². The van der Waals surface area contributed by atoms with E-state index in [1.54, 1.807) is 12.1 Å². The summed E-state index contributed by atoms with van der Waals surface area (Å²) in [6, 6.07) is 11.5. The molecule has 6 heteroatoms. The third-order valence-corrected chi connectivity index (χ3v) is 5.03. The molecule has 4 nitrogen and oxygen atoms in total. The van der Waals surface area contributed by atoms with Crippen LogP contribution in [-0.2, 0) is 17.7 Å². The van der Waals surface area contributed by atoms with Crippen molar-refractivity contribution < 1.29 is 14.5 Å². The third kappa shape index (κ3) is 3.11. The number of hydrogen-bond acceptors (Lipinski definition) is 3. The highest BCUT2D eigenvalue weighted by Gasteiger charge is 2.29. The lowest BCUT2D eigenvalue weighted by atomic mass is 9.78. The van der Waals surface area contributed by atoms with Crippen LogP contribution in [-0.4, -0.2) is 22.9 Å². The SMILES string of the molecule is O=C(CCCc1c[nH]c2ccccc12)c1cc2c(cc1Cl)COB2O. The summed E-state index contributed by atoms with van der Waals surface area (Å²) in [7, 11) is -0.968. The first-order valence-corrected chi connectivity index (χ1v) is 8.71. The molecule has 2 aromatic carbocycles. The minimum atomic E-state index is -0.968. The number of hydrogen-bond donors (Lipinski definition) is 2. The molecular formula is C19H17BClNO3. The molecule has 0 saturated heterocycles. The fourth-order valence-corrected chi connectivity index (χ4v) is 3.66. The Morgan fingerprint density at radius 2 is 2.16 bits per heavy atom. The van der Waals surface area contributed by atoms with Crippen molar-refractivity contribution in [2.45, 2.75) is 25.9 Å². The van der Waals surface area contributed by atoms with Crippen molar-refractivity contribution in [3.8, 4) is 0 Å². The Bertz CT molecular complexity index is 953. The number of benzene rings is 2. The molecule has 1 aliphatic heterocycles. The second-order valence-corrected chi connectivity index (χ2v) is 6.74. The van der Waals surface area contributed by atoms with E-state index in [0.717, 1.165) is 23.9 Å². The number of aromatic amines is 1. The van der Waals surface area contributed by atoms with E-state index in [-0.39, 0.29) is 5.78 Å². The Labute approximate surface area is 150 Å². The van der Waals surface area contributed by atoms with E-state index in [9.17, 15) is 9.82 Å². The van der Waals surface area contributed by atoms with Crippen molar-refractivity contribution in [1.82, 2.24) is 4.98 Å². The van der Waals surface area contributed by atoms with Gasteiger partial charge in [-0.05, 0) is 47.6 Å². The summed E-state index contributed by atoms with van der Waals surface area (Å²) >= 11 is 6.24. The van der Waals surface area contributed by atoms with Crippen LogP contribution in [0.3, 0.4) is 0 Å². The van der Waals surface area contributed by atoms with Gasteiger partial charge >= 0.3 is 7.12 Å². The van der Waals surface area contributed by atoms with Gasteiger partial charge in [-0.1, -0.05) is 29.8 Å². The van der Waals surface area contributed by atoms with Gasteiger partial charge in [-0.15, -0.1) is 0 Å². The Morgan fingerprint density at radius 3 is 3.04 bits per heavy atom. The van der Waals surface area contributed by atoms with Crippen molar-refractivity contribution in [2.75, 3.05) is 0 Å². The molecule has 0 bridgehead atoms. The van der Waals surface area contributed by atoms with Crippen LogP contribution >= 0.6 is 11.6 Å². The van der Waals surface area contributed by atoms with Crippen LogP contribution in [0.15, 0.2) is 42.6 Å². The zero-order valence-electron chi connectivity index (χ0n) is 13.6. The standard InChI is InChI=1S/C19H17BClNO3/c21-17-8-13-11-25-20(24)16(13)9-15(17)19(23)7-3-4-12-10-22-18-6-2-1-5-14(12)18/h1-2,5-6,8-10,22,24H,3-4,7,11H2. The van der Waals surface area contributed by atoms with Gasteiger partial charge in [-0.25, -0.2) is 0 Å². The van der Waals surface area contributed by atoms with Crippen LogP contribution in [0.4, 0.5) is 0 Å². The second-order valence-electron chi connectivity index (χ2n) is 6.33. The molecule has 0 fully saturated rings. The number of carbonyl (C=O) groups is 1. The zero-order chi connectivity index (χ0) is 17.4. The van der Waals surface area contributed by atoms with Gasteiger partial charge in [0.1, 0.15) is 0 Å². The summed E-state index contributed by atoms with van der Waals surface area (Å²) in [4.78, 5) is 15.8. The summed E-state index contributed by atoms with van der Waals surface area (Å²) in [6.07, 6.45) is 3.98. The monoisotopic (exact) mass is 353 g/mol. The Balaban J connectivity index is 1.45. The highest BCUT2D eigenvalue weighted by Crippen LogP contribution is 2.24. The lowest BCUT2D eigenvalue weighted by molar-refractivity contribution is 0.0980. The molecule has 2 heterocycles. The average Bonchev–Trinajstić information content (AvgIpc) is 3.18. The maximum absolute atomic E-state index is 12.5. The maximum Gasteiger partial charge on any atom is 0.491 e. The number of Topliss-reactive ketones (excluding diaryl/α,β-unsaturated/α-hetero) is 1. The Morgan fingerprint density at radius 1 is 1.32 bits per heavy atom. The van der Waals surface area contributed by atoms with Crippen LogP contribution in [0.2, 0.25) is 5.02 Å². The van der Waals surface area contributed by atoms with Gasteiger partial charge in [0.25, 0.3) is 0 Å². The molecule has 0 spiro atoms. The molecule has 4 rings (SSSR count). The minimum absolute atomic E-state index is 0.00765. The van der Waals surface area contributed by atoms with Gasteiger partial charge in [0.05, 0.1) is 11.6 Å². The predicted molar refractivity (Wildman–Crippen MR) is 99.4 cm³/mol. The topological polar surface area (TPSA) is 62.3 Å². The largest absolute Gasteiger partial charge is 0.491 e. The van der Waals surface area contributed by atoms with Gasteiger partial charge in [-0.2, -0.15) is 0 Å². The van der Waals surface area contributed by atoms with E-state index in [1.807, 2.05) is 24.4 Å². The van der Waals surface area contributed by atoms with Gasteiger partial charge in [-0.3, -0.25) is 4.79 Å². The molecule has 1 aromatic heterocycles. The summed E-state index contributed by atoms with van der Waals surface area (Å²) in [5.41, 5.74) is 4.27. The smallest absolute Gasteiger partial charge is 0.423 e. The fraction of sp³-hybridized carbons (Fsp3) is 0.211. The van der Waals surface area contributed by atoms with E-state index in [4.69, 9.17) is 16.3 Å². The van der Waals surface area contributed by atoms with Crippen molar-refractivity contribution in [1.29, 1.82) is 0 Å². The van der Waals surface area contributed by atoms with Crippen LogP contribution in [0.25, 0.3) is 10.9 Å². The van der Waals surface area contributed by atoms with Crippen molar-refractivity contribution >= 4 is 40.9 Å². The van der Waals surface area contributed by atoms with E-state index >= 15 is 0 Å². The first kappa shape index (κ1) is 16.4. The number of nitrogens with one attached hydrogen (secondary N) is 1. The molecular weight excluding hydrogens is 336 g/mol. The summed E-state index contributed by atoms with van der Waals surface area (Å²) < 4.78 is 5.17. The van der Waals surface area contributed by atoms with Crippen molar-refractivity contribution in [3.05, 3.63) is 64.3 Å². The summed E-state index contributed by atoms with van der Waals surface area (Å²) in [5.74, 6) is -0.00765. The van der Waals surface area contributed by atoms with Crippen LogP contribution in [0.5, 0.6) is 0 Å². The quantitative estimate of drug-likeness (QED) is 0.547. The summed E-state index contributed by atoms with van der Waals surface area (Å²) in [5, 5.41) is 11.4. The third-order valence-electron chi connectivity index (χ3n) is 4.72. The van der Waals surface area contributed by atoms with Gasteiger partial charge < -0.3 is 14.7 Å². The number of aryl methyl sites for hydroxylation is 1. The molecule has 126 valence electrons. The number of rotatable bonds is 5. The zero-order valence-corrected chi connectivity index (χ0v) is 14.3. The van der Waals surface area contributed by atoms with Gasteiger partial charge in [0.2, 0.25) is 0 Å². The first-order chi connectivity index (χ1) is 12.1. The van der Waals surface area contributed by atoms with Crippen LogP contribution in [0.1, 0.15) is 34.3 Å².